The van der Waals surface area contributed by atoms with Crippen LogP contribution in [0.3, 0.4) is 0 Å². The molecule has 1 saturated heterocycles. The summed E-state index contributed by atoms with van der Waals surface area (Å²) in [4.78, 5) is 18.7. The number of carbonyl (C=O) groups excluding carboxylic acids is 1. The van der Waals surface area contributed by atoms with E-state index in [1.807, 2.05) is 29.2 Å². The Morgan fingerprint density at radius 3 is 2.73 bits per heavy atom. The molecule has 1 aromatic carbocycles. The lowest BCUT2D eigenvalue weighted by molar-refractivity contribution is -0.134. The van der Waals surface area contributed by atoms with Gasteiger partial charge in [-0.15, -0.1) is 0 Å². The van der Waals surface area contributed by atoms with Gasteiger partial charge in [-0.25, -0.2) is 13.1 Å². The number of nitrogens with one attached hydrogen (secondary N) is 1. The van der Waals surface area contributed by atoms with E-state index in [0.717, 1.165) is 36.6 Å². The van der Waals surface area contributed by atoms with Crippen LogP contribution in [-0.2, 0) is 14.8 Å². The monoisotopic (exact) mass is 373 g/mol. The van der Waals surface area contributed by atoms with Gasteiger partial charge in [0.05, 0.1) is 5.52 Å². The number of hydrogen-bond acceptors (Lipinski definition) is 4. The molecule has 0 unspecified atom stereocenters. The average Bonchev–Trinajstić information content (AvgIpc) is 3.32. The third kappa shape index (κ3) is 3.46. The molecule has 0 spiro atoms. The van der Waals surface area contributed by atoms with E-state index < -0.39 is 10.0 Å². The fraction of sp³-hybridized carbons (Fsp3) is 0.474. The zero-order valence-electron chi connectivity index (χ0n) is 14.6. The van der Waals surface area contributed by atoms with Crippen LogP contribution in [0.5, 0.6) is 0 Å². The molecule has 1 N–H and O–H groups in total. The Bertz CT molecular complexity index is 923. The van der Waals surface area contributed by atoms with Crippen LogP contribution in [0.2, 0.25) is 0 Å². The number of hydrogen-bond donors (Lipinski definition) is 1. The summed E-state index contributed by atoms with van der Waals surface area (Å²) >= 11 is 0. The van der Waals surface area contributed by atoms with Gasteiger partial charge in [-0.1, -0.05) is 31.0 Å². The quantitative estimate of drug-likeness (QED) is 0.892. The van der Waals surface area contributed by atoms with Crippen molar-refractivity contribution in [1.82, 2.24) is 14.6 Å². The molecular weight excluding hydrogens is 350 g/mol. The third-order valence-electron chi connectivity index (χ3n) is 5.40. The molecule has 1 aromatic heterocycles. The first-order valence-corrected chi connectivity index (χ1v) is 10.7. The number of carbonyl (C=O) groups is 1. The minimum Gasteiger partial charge on any atom is -0.341 e. The van der Waals surface area contributed by atoms with Gasteiger partial charge >= 0.3 is 0 Å². The molecule has 2 heterocycles. The Morgan fingerprint density at radius 1 is 1.15 bits per heavy atom. The SMILES string of the molecule is O=C(C1CCCC1)N1CC[C@@H](NS(=O)(=O)c2cnc3ccccc3c2)C1. The number of para-hydroxylation sites is 1. The van der Waals surface area contributed by atoms with Crippen molar-refractivity contribution in [2.24, 2.45) is 5.92 Å². The molecule has 2 aliphatic rings. The molecule has 1 atom stereocenters. The zero-order chi connectivity index (χ0) is 18.1. The summed E-state index contributed by atoms with van der Waals surface area (Å²) in [6, 6.07) is 8.83. The number of aromatic nitrogens is 1. The van der Waals surface area contributed by atoms with Crippen LogP contribution in [0.15, 0.2) is 41.4 Å². The normalized spacial score (nSPS) is 21.5. The summed E-state index contributed by atoms with van der Waals surface area (Å²) in [5, 5.41) is 0.792. The number of pyridine rings is 1. The van der Waals surface area contributed by atoms with E-state index in [9.17, 15) is 13.2 Å². The minimum absolute atomic E-state index is 0.134. The summed E-state index contributed by atoms with van der Waals surface area (Å²) < 4.78 is 28.2. The molecule has 1 saturated carbocycles. The maximum Gasteiger partial charge on any atom is 0.242 e. The molecule has 4 rings (SSSR count). The number of benzene rings is 1. The maximum atomic E-state index is 12.7. The minimum atomic E-state index is -3.65. The smallest absolute Gasteiger partial charge is 0.242 e. The number of sulfonamides is 1. The average molecular weight is 373 g/mol. The first-order valence-electron chi connectivity index (χ1n) is 9.19. The van der Waals surface area contributed by atoms with Crippen LogP contribution < -0.4 is 4.72 Å². The highest BCUT2D eigenvalue weighted by atomic mass is 32.2. The molecule has 0 radical (unpaired) electrons. The molecule has 1 aliphatic carbocycles. The Kier molecular flexibility index (Phi) is 4.67. The molecule has 138 valence electrons. The summed E-state index contributed by atoms with van der Waals surface area (Å²) in [5.74, 6) is 0.326. The summed E-state index contributed by atoms with van der Waals surface area (Å²) in [5.41, 5.74) is 0.764. The van der Waals surface area contributed by atoms with Crippen molar-refractivity contribution in [2.45, 2.75) is 43.0 Å². The lowest BCUT2D eigenvalue weighted by atomic mass is 10.1. The summed E-state index contributed by atoms with van der Waals surface area (Å²) in [7, 11) is -3.65. The van der Waals surface area contributed by atoms with Gasteiger partial charge in [0.2, 0.25) is 15.9 Å². The molecule has 6 nitrogen and oxygen atoms in total. The standard InChI is InChI=1S/C19H23N3O3S/c23-19(14-5-1-2-6-14)22-10-9-16(13-22)21-26(24,25)17-11-15-7-3-4-8-18(15)20-12-17/h3-4,7-8,11-12,14,16,21H,1-2,5-6,9-10,13H2/t16-/m1/s1. The Morgan fingerprint density at radius 2 is 1.92 bits per heavy atom. The molecule has 1 aliphatic heterocycles. The predicted octanol–water partition coefficient (Wildman–Crippen LogP) is 2.30. The van der Waals surface area contributed by atoms with Crippen LogP contribution in [0, 0.1) is 5.92 Å². The van der Waals surface area contributed by atoms with Crippen LogP contribution in [0.25, 0.3) is 10.9 Å². The number of amides is 1. The van der Waals surface area contributed by atoms with Crippen LogP contribution in [-0.4, -0.2) is 43.3 Å². The lowest BCUT2D eigenvalue weighted by Crippen LogP contribution is -2.39. The first kappa shape index (κ1) is 17.4. The molecule has 2 aromatic rings. The van der Waals surface area contributed by atoms with E-state index in [1.54, 1.807) is 6.07 Å². The summed E-state index contributed by atoms with van der Waals surface area (Å²) in [6.45, 7) is 1.08. The molecular formula is C19H23N3O3S. The lowest BCUT2D eigenvalue weighted by Gasteiger charge is -2.20. The Hall–Kier alpha value is -1.99. The topological polar surface area (TPSA) is 79.4 Å². The van der Waals surface area contributed by atoms with Crippen LogP contribution in [0.4, 0.5) is 0 Å². The number of fused-ring (bicyclic) bond motifs is 1. The number of rotatable bonds is 4. The second-order valence-electron chi connectivity index (χ2n) is 7.24. The molecule has 2 fully saturated rings. The van der Waals surface area contributed by atoms with Gasteiger partial charge in [-0.3, -0.25) is 9.78 Å². The van der Waals surface area contributed by atoms with Gasteiger partial charge in [0.15, 0.2) is 0 Å². The second kappa shape index (κ2) is 6.96. The van der Waals surface area contributed by atoms with Gasteiger partial charge < -0.3 is 4.90 Å². The Labute approximate surface area is 153 Å². The first-order chi connectivity index (χ1) is 12.5. The van der Waals surface area contributed by atoms with E-state index in [4.69, 9.17) is 0 Å². The highest BCUT2D eigenvalue weighted by Crippen LogP contribution is 2.28. The summed E-state index contributed by atoms with van der Waals surface area (Å²) in [6.07, 6.45) is 6.22. The predicted molar refractivity (Wildman–Crippen MR) is 99.0 cm³/mol. The molecule has 26 heavy (non-hydrogen) atoms. The van der Waals surface area contributed by atoms with E-state index in [0.29, 0.717) is 19.5 Å². The van der Waals surface area contributed by atoms with Crippen molar-refractivity contribution in [3.05, 3.63) is 36.5 Å². The van der Waals surface area contributed by atoms with Crippen molar-refractivity contribution >= 4 is 26.8 Å². The van der Waals surface area contributed by atoms with Crippen LogP contribution in [0.1, 0.15) is 32.1 Å². The van der Waals surface area contributed by atoms with E-state index in [-0.39, 0.29) is 22.8 Å². The van der Waals surface area contributed by atoms with Crippen molar-refractivity contribution in [2.75, 3.05) is 13.1 Å². The second-order valence-corrected chi connectivity index (χ2v) is 8.95. The van der Waals surface area contributed by atoms with Crippen molar-refractivity contribution < 1.29 is 13.2 Å². The highest BCUT2D eigenvalue weighted by molar-refractivity contribution is 7.89. The third-order valence-corrected chi connectivity index (χ3v) is 6.89. The van der Waals surface area contributed by atoms with Gasteiger partial charge in [0.25, 0.3) is 0 Å². The van der Waals surface area contributed by atoms with Crippen molar-refractivity contribution in [1.29, 1.82) is 0 Å². The Balaban J connectivity index is 1.45. The van der Waals surface area contributed by atoms with Crippen LogP contribution >= 0.6 is 0 Å². The van der Waals surface area contributed by atoms with Gasteiger partial charge in [0, 0.05) is 36.6 Å². The number of nitrogens with zero attached hydrogens (tertiary/aromatic N) is 2. The van der Waals surface area contributed by atoms with Crippen molar-refractivity contribution in [3.63, 3.8) is 0 Å². The maximum absolute atomic E-state index is 12.7. The van der Waals surface area contributed by atoms with E-state index >= 15 is 0 Å². The fourth-order valence-corrected chi connectivity index (χ4v) is 5.21. The van der Waals surface area contributed by atoms with E-state index in [2.05, 4.69) is 9.71 Å². The highest BCUT2D eigenvalue weighted by Gasteiger charge is 2.34. The van der Waals surface area contributed by atoms with Crippen molar-refractivity contribution in [3.8, 4) is 0 Å². The van der Waals surface area contributed by atoms with Gasteiger partial charge in [0.1, 0.15) is 4.90 Å². The fourth-order valence-electron chi connectivity index (χ4n) is 3.97. The number of likely N-dealkylation sites (tertiary alicyclic amines) is 1. The van der Waals surface area contributed by atoms with Gasteiger partial charge in [-0.2, -0.15) is 0 Å². The zero-order valence-corrected chi connectivity index (χ0v) is 15.4. The van der Waals surface area contributed by atoms with E-state index in [1.165, 1.54) is 6.20 Å². The van der Waals surface area contributed by atoms with Gasteiger partial charge in [-0.05, 0) is 31.4 Å². The molecule has 0 bridgehead atoms. The molecule has 1 amide bonds. The molecule has 7 heteroatoms. The largest absolute Gasteiger partial charge is 0.341 e.